The van der Waals surface area contributed by atoms with Crippen LogP contribution in [0.15, 0.2) is 22.7 Å². The molecule has 0 amide bonds. The van der Waals surface area contributed by atoms with Crippen LogP contribution in [-0.4, -0.2) is 16.9 Å². The molecule has 0 saturated carbocycles. The third kappa shape index (κ3) is 3.37. The first kappa shape index (κ1) is 15.0. The third-order valence-electron chi connectivity index (χ3n) is 2.64. The molecule has 1 aromatic carbocycles. The minimum atomic E-state index is -0.340. The van der Waals surface area contributed by atoms with Crippen LogP contribution in [0.5, 0.6) is 0 Å². The van der Waals surface area contributed by atoms with E-state index in [9.17, 15) is 4.79 Å². The molecule has 0 atom stereocenters. The molecular formula is C14H15BrN2O2S. The molecule has 1 aromatic heterocycles. The Bertz CT molecular complexity index is 620. The van der Waals surface area contributed by atoms with Gasteiger partial charge in [-0.15, -0.1) is 0 Å². The number of ether oxygens (including phenoxy) is 1. The number of halogens is 1. The van der Waals surface area contributed by atoms with Gasteiger partial charge >= 0.3 is 5.97 Å². The van der Waals surface area contributed by atoms with Crippen molar-refractivity contribution >= 4 is 44.1 Å². The van der Waals surface area contributed by atoms with E-state index >= 15 is 0 Å². The molecule has 0 fully saturated rings. The second-order valence-corrected chi connectivity index (χ2v) is 6.02. The zero-order valence-corrected chi connectivity index (χ0v) is 13.9. The summed E-state index contributed by atoms with van der Waals surface area (Å²) in [6, 6.07) is 5.99. The number of nitrogens with one attached hydrogen (secondary N) is 1. The molecule has 1 N–H and O–H groups in total. The Balaban J connectivity index is 2.32. The average molecular weight is 355 g/mol. The Morgan fingerprint density at radius 3 is 2.80 bits per heavy atom. The highest BCUT2D eigenvalue weighted by Crippen LogP contribution is 2.30. The molecule has 6 heteroatoms. The van der Waals surface area contributed by atoms with E-state index < -0.39 is 0 Å². The highest BCUT2D eigenvalue weighted by Gasteiger charge is 2.19. The molecule has 0 bridgehead atoms. The minimum Gasteiger partial charge on any atom is -0.462 e. The van der Waals surface area contributed by atoms with Crippen molar-refractivity contribution in [3.63, 3.8) is 0 Å². The molecule has 4 nitrogen and oxygen atoms in total. The molecule has 0 aliphatic heterocycles. The Morgan fingerprint density at radius 2 is 2.15 bits per heavy atom. The number of hydrogen-bond acceptors (Lipinski definition) is 5. The summed E-state index contributed by atoms with van der Waals surface area (Å²) in [4.78, 5) is 12.0. The summed E-state index contributed by atoms with van der Waals surface area (Å²) in [5, 5.41) is 3.95. The fraction of sp³-hybridized carbons (Fsp3) is 0.286. The molecule has 1 heterocycles. The van der Waals surface area contributed by atoms with Crippen LogP contribution in [0, 0.1) is 13.8 Å². The van der Waals surface area contributed by atoms with E-state index in [-0.39, 0.29) is 5.97 Å². The van der Waals surface area contributed by atoms with E-state index in [1.165, 1.54) is 11.5 Å². The Kier molecular flexibility index (Phi) is 4.77. The fourth-order valence-electron chi connectivity index (χ4n) is 1.84. The molecule has 106 valence electrons. The molecule has 0 radical (unpaired) electrons. The van der Waals surface area contributed by atoms with Gasteiger partial charge in [0.15, 0.2) is 0 Å². The normalized spacial score (nSPS) is 10.4. The number of esters is 1. The smallest absolute Gasteiger partial charge is 0.343 e. The molecule has 0 spiro atoms. The van der Waals surface area contributed by atoms with Gasteiger partial charge in [-0.1, -0.05) is 15.9 Å². The molecule has 0 saturated heterocycles. The first-order valence-electron chi connectivity index (χ1n) is 6.19. The highest BCUT2D eigenvalue weighted by atomic mass is 79.9. The van der Waals surface area contributed by atoms with Crippen molar-refractivity contribution in [2.45, 2.75) is 20.8 Å². The van der Waals surface area contributed by atoms with Crippen LogP contribution in [0.2, 0.25) is 0 Å². The Labute approximate surface area is 130 Å². The van der Waals surface area contributed by atoms with Crippen LogP contribution >= 0.6 is 27.5 Å². The van der Waals surface area contributed by atoms with Gasteiger partial charge in [0.05, 0.1) is 12.3 Å². The summed E-state index contributed by atoms with van der Waals surface area (Å²) in [6.07, 6.45) is 0. The van der Waals surface area contributed by atoms with Crippen molar-refractivity contribution in [2.24, 2.45) is 0 Å². The summed E-state index contributed by atoms with van der Waals surface area (Å²) < 4.78 is 10.3. The minimum absolute atomic E-state index is 0.340. The van der Waals surface area contributed by atoms with Crippen molar-refractivity contribution in [1.82, 2.24) is 4.37 Å². The fourth-order valence-corrected chi connectivity index (χ4v) is 3.25. The number of rotatable bonds is 4. The van der Waals surface area contributed by atoms with Crippen LogP contribution in [0.3, 0.4) is 0 Å². The largest absolute Gasteiger partial charge is 0.462 e. The lowest BCUT2D eigenvalue weighted by Crippen LogP contribution is -2.07. The Hall–Kier alpha value is -1.40. The SMILES string of the molecule is CCOC(=O)c1c(C)nsc1Nc1cc(C)cc(Br)c1. The average Bonchev–Trinajstić information content (AvgIpc) is 2.69. The standard InChI is InChI=1S/C14H15BrN2O2S/c1-4-19-14(18)12-9(3)17-20-13(12)16-11-6-8(2)5-10(15)7-11/h5-7,16H,4H2,1-3H3. The van der Waals surface area contributed by atoms with Crippen molar-refractivity contribution in [2.75, 3.05) is 11.9 Å². The quantitative estimate of drug-likeness (QED) is 0.824. The predicted molar refractivity (Wildman–Crippen MR) is 85.0 cm³/mol. The van der Waals surface area contributed by atoms with Crippen molar-refractivity contribution < 1.29 is 9.53 Å². The summed E-state index contributed by atoms with van der Waals surface area (Å²) in [5.41, 5.74) is 3.23. The van der Waals surface area contributed by atoms with Crippen molar-refractivity contribution in [3.8, 4) is 0 Å². The van der Waals surface area contributed by atoms with Crippen LogP contribution in [0.25, 0.3) is 0 Å². The maximum Gasteiger partial charge on any atom is 0.343 e. The first-order chi connectivity index (χ1) is 9.51. The number of benzene rings is 1. The van der Waals surface area contributed by atoms with Gasteiger partial charge in [0.1, 0.15) is 10.6 Å². The zero-order valence-electron chi connectivity index (χ0n) is 11.5. The van der Waals surface area contributed by atoms with Crippen LogP contribution in [-0.2, 0) is 4.74 Å². The molecule has 2 rings (SSSR count). The maximum absolute atomic E-state index is 12.0. The molecule has 20 heavy (non-hydrogen) atoms. The van der Waals surface area contributed by atoms with Crippen LogP contribution in [0.4, 0.5) is 10.7 Å². The lowest BCUT2D eigenvalue weighted by atomic mass is 10.2. The molecular weight excluding hydrogens is 340 g/mol. The lowest BCUT2D eigenvalue weighted by molar-refractivity contribution is 0.0527. The second kappa shape index (κ2) is 6.37. The third-order valence-corrected chi connectivity index (χ3v) is 3.95. The van der Waals surface area contributed by atoms with E-state index in [0.717, 1.165) is 15.7 Å². The molecule has 2 aromatic rings. The maximum atomic E-state index is 12.0. The van der Waals surface area contributed by atoms with Gasteiger partial charge in [-0.25, -0.2) is 4.79 Å². The van der Waals surface area contributed by atoms with E-state index in [0.29, 0.717) is 22.9 Å². The zero-order chi connectivity index (χ0) is 14.7. The number of carbonyl (C=O) groups excluding carboxylic acids is 1. The molecule has 0 unspecified atom stereocenters. The highest BCUT2D eigenvalue weighted by molar-refractivity contribution is 9.10. The van der Waals surface area contributed by atoms with Gasteiger partial charge in [0.25, 0.3) is 0 Å². The van der Waals surface area contributed by atoms with Crippen molar-refractivity contribution in [1.29, 1.82) is 0 Å². The van der Waals surface area contributed by atoms with Gasteiger partial charge in [0.2, 0.25) is 0 Å². The van der Waals surface area contributed by atoms with Crippen molar-refractivity contribution in [3.05, 3.63) is 39.5 Å². The number of aromatic nitrogens is 1. The topological polar surface area (TPSA) is 51.2 Å². The summed E-state index contributed by atoms with van der Waals surface area (Å²) in [6.45, 7) is 5.96. The lowest BCUT2D eigenvalue weighted by Gasteiger charge is -2.08. The van der Waals surface area contributed by atoms with Gasteiger partial charge in [-0.2, -0.15) is 4.37 Å². The van der Waals surface area contributed by atoms with Crippen LogP contribution < -0.4 is 5.32 Å². The number of nitrogens with zero attached hydrogens (tertiary/aromatic N) is 1. The first-order valence-corrected chi connectivity index (χ1v) is 7.75. The van der Waals surface area contributed by atoms with E-state index in [1.54, 1.807) is 13.8 Å². The van der Waals surface area contributed by atoms with E-state index in [4.69, 9.17) is 4.74 Å². The van der Waals surface area contributed by atoms with Gasteiger partial charge in [-0.3, -0.25) is 0 Å². The van der Waals surface area contributed by atoms with Gasteiger partial charge in [0, 0.05) is 10.2 Å². The summed E-state index contributed by atoms with van der Waals surface area (Å²) in [5.74, 6) is -0.340. The predicted octanol–water partition coefficient (Wildman–Crippen LogP) is 4.44. The molecule has 0 aliphatic rings. The summed E-state index contributed by atoms with van der Waals surface area (Å²) >= 11 is 4.72. The summed E-state index contributed by atoms with van der Waals surface area (Å²) in [7, 11) is 0. The van der Waals surface area contributed by atoms with Gasteiger partial charge < -0.3 is 10.1 Å². The number of anilines is 2. The van der Waals surface area contributed by atoms with E-state index in [1.807, 2.05) is 25.1 Å². The van der Waals surface area contributed by atoms with Crippen LogP contribution in [0.1, 0.15) is 28.5 Å². The van der Waals surface area contributed by atoms with E-state index in [2.05, 4.69) is 25.6 Å². The number of aryl methyl sites for hydroxylation is 2. The monoisotopic (exact) mass is 354 g/mol. The Morgan fingerprint density at radius 1 is 1.40 bits per heavy atom. The number of hydrogen-bond donors (Lipinski definition) is 1. The van der Waals surface area contributed by atoms with Gasteiger partial charge in [-0.05, 0) is 56.1 Å². The number of carbonyl (C=O) groups is 1. The second-order valence-electron chi connectivity index (χ2n) is 4.33. The molecule has 0 aliphatic carbocycles.